The van der Waals surface area contributed by atoms with Gasteiger partial charge in [0.1, 0.15) is 5.69 Å². The van der Waals surface area contributed by atoms with E-state index in [9.17, 15) is 13.2 Å². The van der Waals surface area contributed by atoms with Crippen molar-refractivity contribution in [2.24, 2.45) is 7.05 Å². The van der Waals surface area contributed by atoms with Gasteiger partial charge in [0.2, 0.25) is 0 Å². The van der Waals surface area contributed by atoms with Crippen LogP contribution in [0.15, 0.2) is 40.3 Å². The molecule has 3 aromatic rings. The summed E-state index contributed by atoms with van der Waals surface area (Å²) in [7, 11) is 1.81. The molecule has 1 aromatic carbocycles. The second-order valence-electron chi connectivity index (χ2n) is 5.65. The van der Waals surface area contributed by atoms with E-state index in [1.165, 1.54) is 12.1 Å². The quantitative estimate of drug-likeness (QED) is 0.527. The molecule has 0 atom stereocenters. The van der Waals surface area contributed by atoms with E-state index in [1.54, 1.807) is 24.0 Å². The summed E-state index contributed by atoms with van der Waals surface area (Å²) in [5.74, 6) is 1.40. The summed E-state index contributed by atoms with van der Waals surface area (Å²) in [6.07, 6.45) is 1.91. The Balaban J connectivity index is 2.09. The summed E-state index contributed by atoms with van der Waals surface area (Å²) < 4.78 is 39.7. The first kappa shape index (κ1) is 19.6. The highest BCUT2D eigenvalue weighted by atomic mass is 32.2. The lowest BCUT2D eigenvalue weighted by Crippen LogP contribution is -1.99. The molecule has 9 heteroatoms. The highest BCUT2D eigenvalue weighted by Crippen LogP contribution is 2.38. The first-order valence-corrected chi connectivity index (χ1v) is 9.84. The van der Waals surface area contributed by atoms with Crippen LogP contribution in [0.4, 0.5) is 13.2 Å². The summed E-state index contributed by atoms with van der Waals surface area (Å²) in [5.41, 5.74) is -1.65. The maximum Gasteiger partial charge on any atom is 0.446 e. The molecule has 4 nitrogen and oxygen atoms in total. The summed E-state index contributed by atoms with van der Waals surface area (Å²) in [5, 5.41) is 8.89. The van der Waals surface area contributed by atoms with Crippen LogP contribution in [0.2, 0.25) is 0 Å². The molecule has 2 aromatic heterocycles. The fraction of sp³-hybridized carbons (Fsp3) is 0.278. The molecule has 140 valence electrons. The van der Waals surface area contributed by atoms with Gasteiger partial charge < -0.3 is 4.57 Å². The SMILES string of the molecule is CCSc1cc(CC#N)cnc1-c1nc2cc(SC(F)(F)F)ccc2n1C. The Hall–Kier alpha value is -2.18. The van der Waals surface area contributed by atoms with E-state index < -0.39 is 5.51 Å². The Morgan fingerprint density at radius 1 is 1.26 bits per heavy atom. The van der Waals surface area contributed by atoms with E-state index >= 15 is 0 Å². The third-order valence-electron chi connectivity index (χ3n) is 3.79. The zero-order valence-electron chi connectivity index (χ0n) is 14.5. The molecule has 0 N–H and O–H groups in total. The topological polar surface area (TPSA) is 54.5 Å². The number of fused-ring (bicyclic) bond motifs is 1. The zero-order chi connectivity index (χ0) is 19.6. The van der Waals surface area contributed by atoms with Gasteiger partial charge in [-0.25, -0.2) is 4.98 Å². The number of halogens is 3. The minimum absolute atomic E-state index is 0.0973. The number of aryl methyl sites for hydroxylation is 1. The van der Waals surface area contributed by atoms with Crippen LogP contribution in [0, 0.1) is 11.3 Å². The molecule has 0 saturated heterocycles. The number of thioether (sulfide) groups is 2. The second kappa shape index (κ2) is 7.82. The van der Waals surface area contributed by atoms with Crippen molar-refractivity contribution in [3.8, 4) is 17.6 Å². The number of benzene rings is 1. The molecule has 0 amide bonds. The molecule has 0 saturated carbocycles. The van der Waals surface area contributed by atoms with Gasteiger partial charge in [-0.1, -0.05) is 6.92 Å². The Morgan fingerprint density at radius 3 is 2.70 bits per heavy atom. The van der Waals surface area contributed by atoms with Crippen molar-refractivity contribution < 1.29 is 13.2 Å². The number of nitriles is 1. The number of pyridine rings is 1. The predicted molar refractivity (Wildman–Crippen MR) is 102 cm³/mol. The van der Waals surface area contributed by atoms with Crippen LogP contribution >= 0.6 is 23.5 Å². The summed E-state index contributed by atoms with van der Waals surface area (Å²) >= 11 is 1.43. The maximum atomic E-state index is 12.6. The molecule has 0 aliphatic carbocycles. The Kier molecular flexibility index (Phi) is 5.67. The van der Waals surface area contributed by atoms with Gasteiger partial charge >= 0.3 is 5.51 Å². The highest BCUT2D eigenvalue weighted by molar-refractivity contribution is 8.00. The smallest absolute Gasteiger partial charge is 0.326 e. The minimum Gasteiger partial charge on any atom is -0.326 e. The standard InChI is InChI=1S/C18H15F3N4S2/c1-3-26-15-8-11(6-7-22)10-23-16(15)17-24-13-9-12(27-18(19,20)21)4-5-14(13)25(17)2/h4-5,8-10H,3,6H2,1-2H3. The molecule has 0 spiro atoms. The molecular formula is C18H15F3N4S2. The minimum atomic E-state index is -4.34. The number of imidazole rings is 1. The van der Waals surface area contributed by atoms with Crippen LogP contribution in [0.1, 0.15) is 12.5 Å². The molecule has 3 rings (SSSR count). The van der Waals surface area contributed by atoms with Crippen molar-refractivity contribution in [2.45, 2.75) is 28.6 Å². The third kappa shape index (κ3) is 4.39. The van der Waals surface area contributed by atoms with Crippen LogP contribution < -0.4 is 0 Å². The summed E-state index contributed by atoms with van der Waals surface area (Å²) in [4.78, 5) is 10.0. The van der Waals surface area contributed by atoms with E-state index in [0.717, 1.165) is 21.7 Å². The molecule has 2 heterocycles. The van der Waals surface area contributed by atoms with E-state index in [1.807, 2.05) is 24.6 Å². The van der Waals surface area contributed by atoms with Gasteiger partial charge in [0.05, 0.1) is 23.5 Å². The number of hydrogen-bond acceptors (Lipinski definition) is 5. The van der Waals surface area contributed by atoms with Gasteiger partial charge in [-0.05, 0) is 47.3 Å². The highest BCUT2D eigenvalue weighted by Gasteiger charge is 2.29. The van der Waals surface area contributed by atoms with E-state index in [2.05, 4.69) is 16.0 Å². The number of hydrogen-bond donors (Lipinski definition) is 0. The van der Waals surface area contributed by atoms with Gasteiger partial charge in [0, 0.05) is 23.0 Å². The molecule has 0 aliphatic heterocycles. The van der Waals surface area contributed by atoms with Gasteiger partial charge in [0.15, 0.2) is 5.82 Å². The van der Waals surface area contributed by atoms with Crippen LogP contribution in [0.3, 0.4) is 0 Å². The fourth-order valence-corrected chi connectivity index (χ4v) is 4.10. The fourth-order valence-electron chi connectivity index (χ4n) is 2.70. The van der Waals surface area contributed by atoms with Gasteiger partial charge in [-0.3, -0.25) is 4.98 Å². The Bertz CT molecular complexity index is 1020. The van der Waals surface area contributed by atoms with Crippen molar-refractivity contribution in [3.63, 3.8) is 0 Å². The number of aromatic nitrogens is 3. The monoisotopic (exact) mass is 408 g/mol. The first-order chi connectivity index (χ1) is 12.8. The van der Waals surface area contributed by atoms with Crippen molar-refractivity contribution in [1.29, 1.82) is 5.26 Å². The molecule has 27 heavy (non-hydrogen) atoms. The lowest BCUT2D eigenvalue weighted by molar-refractivity contribution is -0.0328. The van der Waals surface area contributed by atoms with Gasteiger partial charge in [0.25, 0.3) is 0 Å². The largest absolute Gasteiger partial charge is 0.446 e. The first-order valence-electron chi connectivity index (χ1n) is 8.03. The average molecular weight is 408 g/mol. The number of alkyl halides is 3. The lowest BCUT2D eigenvalue weighted by Gasteiger charge is -2.09. The maximum absolute atomic E-state index is 12.6. The number of nitrogens with zero attached hydrogens (tertiary/aromatic N) is 4. The molecule has 0 bridgehead atoms. The van der Waals surface area contributed by atoms with Crippen LogP contribution in [0.25, 0.3) is 22.6 Å². The van der Waals surface area contributed by atoms with Gasteiger partial charge in [-0.15, -0.1) is 11.8 Å². The Morgan fingerprint density at radius 2 is 2.04 bits per heavy atom. The Labute approximate surface area is 162 Å². The van der Waals surface area contributed by atoms with Gasteiger partial charge in [-0.2, -0.15) is 18.4 Å². The van der Waals surface area contributed by atoms with Crippen molar-refractivity contribution in [3.05, 3.63) is 36.0 Å². The number of rotatable bonds is 5. The van der Waals surface area contributed by atoms with Crippen molar-refractivity contribution in [2.75, 3.05) is 5.75 Å². The van der Waals surface area contributed by atoms with Crippen LogP contribution in [0.5, 0.6) is 0 Å². The summed E-state index contributed by atoms with van der Waals surface area (Å²) in [6.45, 7) is 2.01. The van der Waals surface area contributed by atoms with E-state index in [-0.39, 0.29) is 23.1 Å². The predicted octanol–water partition coefficient (Wildman–Crippen LogP) is 5.43. The molecule has 0 fully saturated rings. The zero-order valence-corrected chi connectivity index (χ0v) is 16.2. The molecule has 0 radical (unpaired) electrons. The lowest BCUT2D eigenvalue weighted by atomic mass is 10.2. The van der Waals surface area contributed by atoms with Crippen molar-refractivity contribution in [1.82, 2.24) is 14.5 Å². The van der Waals surface area contributed by atoms with E-state index in [0.29, 0.717) is 17.0 Å². The second-order valence-corrected chi connectivity index (χ2v) is 8.10. The molecular weight excluding hydrogens is 393 g/mol. The third-order valence-corrected chi connectivity index (χ3v) is 5.42. The van der Waals surface area contributed by atoms with Crippen LogP contribution in [-0.4, -0.2) is 25.8 Å². The van der Waals surface area contributed by atoms with E-state index in [4.69, 9.17) is 5.26 Å². The van der Waals surface area contributed by atoms with Crippen molar-refractivity contribution >= 4 is 34.6 Å². The molecule has 0 aliphatic rings. The molecule has 0 unspecified atom stereocenters. The average Bonchev–Trinajstić information content (AvgIpc) is 2.90. The van der Waals surface area contributed by atoms with Crippen LogP contribution in [-0.2, 0) is 13.5 Å². The normalized spacial score (nSPS) is 11.7. The summed E-state index contributed by atoms with van der Waals surface area (Å²) in [6, 6.07) is 8.54.